The van der Waals surface area contributed by atoms with Gasteiger partial charge in [0.15, 0.2) is 0 Å². The van der Waals surface area contributed by atoms with Crippen LogP contribution in [0.1, 0.15) is 16.1 Å². The van der Waals surface area contributed by atoms with Crippen LogP contribution in [0.4, 0.5) is 0 Å². The van der Waals surface area contributed by atoms with Gasteiger partial charge in [-0.05, 0) is 6.07 Å². The van der Waals surface area contributed by atoms with E-state index in [1.165, 1.54) is 0 Å². The maximum atomic E-state index is 10.8. The Morgan fingerprint density at radius 3 is 3.18 bits per heavy atom. The monoisotopic (exact) mass is 148 g/mol. The topological polar surface area (TPSA) is 48.0 Å². The van der Waals surface area contributed by atoms with Crippen LogP contribution in [0.5, 0.6) is 0 Å². The number of rotatable bonds is 1. The van der Waals surface area contributed by atoms with Crippen molar-refractivity contribution >= 4 is 12.1 Å². The number of carbonyl (C=O) groups excluding carboxylic acids is 1. The Bertz CT molecular complexity index is 336. The van der Waals surface area contributed by atoms with E-state index in [-0.39, 0.29) is 5.91 Å². The Hall–Kier alpha value is -1.51. The summed E-state index contributed by atoms with van der Waals surface area (Å²) < 4.78 is 1.92. The number of amides is 1. The van der Waals surface area contributed by atoms with E-state index >= 15 is 0 Å². The predicted octanol–water partition coefficient (Wildman–Crippen LogP) is 0.614. The normalized spacial score (nSPS) is 13.5. The molecule has 11 heavy (non-hydrogen) atoms. The second-order valence-corrected chi connectivity index (χ2v) is 2.54. The molecule has 1 aliphatic heterocycles. The van der Waals surface area contributed by atoms with Gasteiger partial charge in [0.1, 0.15) is 0 Å². The number of fused-ring (bicyclic) bond motifs is 1. The molecule has 0 saturated carbocycles. The lowest BCUT2D eigenvalue weighted by atomic mass is 10.2. The SMILES string of the molecule is NC(=O)c1ccn2c1CC=C2. The third-order valence-corrected chi connectivity index (χ3v) is 1.87. The minimum Gasteiger partial charge on any atom is -0.366 e. The van der Waals surface area contributed by atoms with E-state index in [2.05, 4.69) is 0 Å². The first-order chi connectivity index (χ1) is 5.29. The molecule has 2 heterocycles. The van der Waals surface area contributed by atoms with Gasteiger partial charge in [-0.1, -0.05) is 6.08 Å². The molecule has 3 heteroatoms. The molecule has 3 nitrogen and oxygen atoms in total. The molecule has 1 amide bonds. The van der Waals surface area contributed by atoms with Gasteiger partial charge in [0, 0.05) is 24.5 Å². The lowest BCUT2D eigenvalue weighted by Crippen LogP contribution is -2.12. The van der Waals surface area contributed by atoms with Crippen LogP contribution in [0, 0.1) is 0 Å². The van der Waals surface area contributed by atoms with Crippen LogP contribution in [0.3, 0.4) is 0 Å². The molecule has 1 aromatic rings. The van der Waals surface area contributed by atoms with Gasteiger partial charge in [-0.2, -0.15) is 0 Å². The molecule has 1 aromatic heterocycles. The number of allylic oxidation sites excluding steroid dienone is 1. The van der Waals surface area contributed by atoms with Crippen LogP contribution in [-0.2, 0) is 6.42 Å². The Morgan fingerprint density at radius 2 is 2.45 bits per heavy atom. The zero-order chi connectivity index (χ0) is 7.84. The molecular weight excluding hydrogens is 140 g/mol. The summed E-state index contributed by atoms with van der Waals surface area (Å²) in [7, 11) is 0. The first-order valence-corrected chi connectivity index (χ1v) is 3.45. The van der Waals surface area contributed by atoms with Gasteiger partial charge in [-0.3, -0.25) is 4.79 Å². The van der Waals surface area contributed by atoms with E-state index in [1.807, 2.05) is 23.0 Å². The molecular formula is C8H8N2O. The largest absolute Gasteiger partial charge is 0.366 e. The Balaban J connectivity index is 2.55. The van der Waals surface area contributed by atoms with E-state index < -0.39 is 0 Å². The molecule has 0 spiro atoms. The highest BCUT2D eigenvalue weighted by molar-refractivity contribution is 5.94. The van der Waals surface area contributed by atoms with E-state index in [1.54, 1.807) is 6.07 Å². The molecule has 0 atom stereocenters. The van der Waals surface area contributed by atoms with E-state index in [4.69, 9.17) is 5.73 Å². The number of hydrogen-bond donors (Lipinski definition) is 1. The summed E-state index contributed by atoms with van der Waals surface area (Å²) in [6.45, 7) is 0. The minimum absolute atomic E-state index is 0.345. The molecule has 0 fully saturated rings. The molecule has 0 unspecified atom stereocenters. The van der Waals surface area contributed by atoms with Crippen LogP contribution in [0.2, 0.25) is 0 Å². The van der Waals surface area contributed by atoms with Crippen LogP contribution in [0.25, 0.3) is 6.20 Å². The standard InChI is InChI=1S/C8H8N2O/c9-8(11)6-3-5-10-4-1-2-7(6)10/h1,3-5H,2H2,(H2,9,11). The maximum Gasteiger partial charge on any atom is 0.250 e. The highest BCUT2D eigenvalue weighted by Gasteiger charge is 2.13. The van der Waals surface area contributed by atoms with Crippen molar-refractivity contribution in [2.45, 2.75) is 6.42 Å². The lowest BCUT2D eigenvalue weighted by Gasteiger charge is -1.95. The highest BCUT2D eigenvalue weighted by atomic mass is 16.1. The fraction of sp³-hybridized carbons (Fsp3) is 0.125. The van der Waals surface area contributed by atoms with Crippen molar-refractivity contribution < 1.29 is 4.79 Å². The Morgan fingerprint density at radius 1 is 1.64 bits per heavy atom. The summed E-state index contributed by atoms with van der Waals surface area (Å²) in [6.07, 6.45) is 6.59. The van der Waals surface area contributed by atoms with Crippen molar-refractivity contribution in [3.63, 3.8) is 0 Å². The molecule has 0 aromatic carbocycles. The summed E-state index contributed by atoms with van der Waals surface area (Å²) in [5, 5.41) is 0. The van der Waals surface area contributed by atoms with Crippen LogP contribution in [0.15, 0.2) is 18.3 Å². The second kappa shape index (κ2) is 1.99. The number of aromatic nitrogens is 1. The quantitative estimate of drug-likeness (QED) is 0.623. The van der Waals surface area contributed by atoms with Gasteiger partial charge in [0.25, 0.3) is 5.91 Å². The Kier molecular flexibility index (Phi) is 1.12. The van der Waals surface area contributed by atoms with Crippen molar-refractivity contribution in [1.29, 1.82) is 0 Å². The zero-order valence-electron chi connectivity index (χ0n) is 5.95. The minimum atomic E-state index is -0.345. The van der Waals surface area contributed by atoms with Gasteiger partial charge in [0.05, 0.1) is 5.56 Å². The number of hydrogen-bond acceptors (Lipinski definition) is 1. The molecule has 0 saturated heterocycles. The average Bonchev–Trinajstić information content (AvgIpc) is 2.41. The Labute approximate surface area is 64.1 Å². The number of primary amides is 1. The summed E-state index contributed by atoms with van der Waals surface area (Å²) in [4.78, 5) is 10.8. The molecule has 0 aliphatic carbocycles. The van der Waals surface area contributed by atoms with Crippen molar-refractivity contribution in [3.05, 3.63) is 29.6 Å². The van der Waals surface area contributed by atoms with Crippen molar-refractivity contribution in [2.75, 3.05) is 0 Å². The van der Waals surface area contributed by atoms with Crippen LogP contribution in [-0.4, -0.2) is 10.5 Å². The first-order valence-electron chi connectivity index (χ1n) is 3.45. The summed E-state index contributed by atoms with van der Waals surface area (Å²) >= 11 is 0. The molecule has 0 radical (unpaired) electrons. The summed E-state index contributed by atoms with van der Waals surface area (Å²) in [5.41, 5.74) is 6.78. The number of nitrogens with two attached hydrogens (primary N) is 1. The highest BCUT2D eigenvalue weighted by Crippen LogP contribution is 2.17. The van der Waals surface area contributed by atoms with Gasteiger partial charge >= 0.3 is 0 Å². The van der Waals surface area contributed by atoms with Gasteiger partial charge in [-0.15, -0.1) is 0 Å². The summed E-state index contributed by atoms with van der Waals surface area (Å²) in [5.74, 6) is -0.345. The third-order valence-electron chi connectivity index (χ3n) is 1.87. The van der Waals surface area contributed by atoms with E-state index in [0.717, 1.165) is 12.1 Å². The van der Waals surface area contributed by atoms with Crippen molar-refractivity contribution in [3.8, 4) is 0 Å². The molecule has 56 valence electrons. The zero-order valence-corrected chi connectivity index (χ0v) is 5.95. The third kappa shape index (κ3) is 0.774. The second-order valence-electron chi connectivity index (χ2n) is 2.54. The number of carbonyl (C=O) groups is 1. The molecule has 1 aliphatic rings. The smallest absolute Gasteiger partial charge is 0.250 e. The summed E-state index contributed by atoms with van der Waals surface area (Å²) in [6, 6.07) is 1.75. The maximum absolute atomic E-state index is 10.8. The lowest BCUT2D eigenvalue weighted by molar-refractivity contribution is 0.0999. The fourth-order valence-electron chi connectivity index (χ4n) is 1.34. The van der Waals surface area contributed by atoms with Gasteiger partial charge < -0.3 is 10.3 Å². The average molecular weight is 148 g/mol. The van der Waals surface area contributed by atoms with Crippen molar-refractivity contribution in [2.24, 2.45) is 5.73 Å². The van der Waals surface area contributed by atoms with Crippen LogP contribution < -0.4 is 5.73 Å². The van der Waals surface area contributed by atoms with E-state index in [9.17, 15) is 4.79 Å². The van der Waals surface area contributed by atoms with Gasteiger partial charge in [-0.25, -0.2) is 0 Å². The van der Waals surface area contributed by atoms with Gasteiger partial charge in [0.2, 0.25) is 0 Å². The van der Waals surface area contributed by atoms with E-state index in [0.29, 0.717) is 5.56 Å². The molecule has 2 rings (SSSR count). The first kappa shape index (κ1) is 6.22. The number of nitrogens with zero attached hydrogens (tertiary/aromatic N) is 1. The molecule has 0 bridgehead atoms. The molecule has 2 N–H and O–H groups in total. The fourth-order valence-corrected chi connectivity index (χ4v) is 1.34. The van der Waals surface area contributed by atoms with Crippen molar-refractivity contribution in [1.82, 2.24) is 4.57 Å². The van der Waals surface area contributed by atoms with Crippen LogP contribution >= 0.6 is 0 Å². The predicted molar refractivity (Wildman–Crippen MR) is 42.0 cm³/mol.